The van der Waals surface area contributed by atoms with Gasteiger partial charge in [-0.3, -0.25) is 14.4 Å². The van der Waals surface area contributed by atoms with Crippen molar-refractivity contribution in [1.82, 2.24) is 15.0 Å². The van der Waals surface area contributed by atoms with Gasteiger partial charge in [0.15, 0.2) is 0 Å². The minimum Gasteiger partial charge on any atom is -0.490 e. The zero-order valence-electron chi connectivity index (χ0n) is 44.9. The first kappa shape index (κ1) is 63.3. The second-order valence-electron chi connectivity index (χ2n) is 18.5. The van der Waals surface area contributed by atoms with E-state index in [0.717, 1.165) is 61.4 Å². The van der Waals surface area contributed by atoms with Crippen LogP contribution in [0.4, 0.5) is 11.4 Å². The van der Waals surface area contributed by atoms with Crippen LogP contribution in [0.5, 0.6) is 5.75 Å². The van der Waals surface area contributed by atoms with Crippen molar-refractivity contribution in [3.05, 3.63) is 93.6 Å². The molecule has 0 aliphatic carbocycles. The average Bonchev–Trinajstić information content (AvgIpc) is 3.86. The largest absolute Gasteiger partial charge is 0.490 e. The van der Waals surface area contributed by atoms with Gasteiger partial charge in [0.05, 0.1) is 58.6 Å². The number of hydrogen-bond acceptors (Lipinski definition) is 14. The van der Waals surface area contributed by atoms with Crippen LogP contribution in [0, 0.1) is 0 Å². The van der Waals surface area contributed by atoms with E-state index in [1.54, 1.807) is 56.3 Å². The molecule has 16 nitrogen and oxygen atoms in total. The molecule has 0 bridgehead atoms. The van der Waals surface area contributed by atoms with Crippen LogP contribution in [0.3, 0.4) is 0 Å². The number of halogens is 2. The van der Waals surface area contributed by atoms with Crippen molar-refractivity contribution in [1.29, 1.82) is 0 Å². The lowest BCUT2D eigenvalue weighted by Gasteiger charge is -2.18. The Balaban J connectivity index is 1.38. The number of anilines is 2. The lowest BCUT2D eigenvalue weighted by Crippen LogP contribution is -2.36. The van der Waals surface area contributed by atoms with Crippen LogP contribution in [0.1, 0.15) is 188 Å². The fourth-order valence-corrected chi connectivity index (χ4v) is 9.02. The molecule has 0 saturated carbocycles. The standard InChI is InChI=1S/C57H79Cl2N5O11S/c1-5-8-10-12-14-16-18-20-22-24-34-72-57(69)45-29-33-48(59)50(39-45)61-54(66)52(53(65)60-49-38-43(26-32-47(49)58)41-75-74-35-25-23-21-19-17-15-13-11-9-6-2)64-40-51(62-63-64)76-42(4)55(67)73-37-36-71-46-30-27-44(28-31-46)56(68)70-7-3/h26-33,38-40,42,52H,5-25,34-37,41H2,1-4H3,(H,60,65)(H,61,66). The van der Waals surface area contributed by atoms with E-state index < -0.39 is 41.0 Å². The summed E-state index contributed by atoms with van der Waals surface area (Å²) >= 11 is 14.1. The normalized spacial score (nSPS) is 11.9. The van der Waals surface area contributed by atoms with Crippen molar-refractivity contribution >= 4 is 76.1 Å². The van der Waals surface area contributed by atoms with E-state index in [9.17, 15) is 24.0 Å². The number of nitrogens with zero attached hydrogens (tertiary/aromatic N) is 3. The third-order valence-corrected chi connectivity index (χ3v) is 13.8. The van der Waals surface area contributed by atoms with Crippen molar-refractivity contribution in [2.24, 2.45) is 0 Å². The van der Waals surface area contributed by atoms with Gasteiger partial charge in [0.1, 0.15) is 35.8 Å². The summed E-state index contributed by atoms with van der Waals surface area (Å²) in [7, 11) is 0. The smallest absolute Gasteiger partial charge is 0.338 e. The highest BCUT2D eigenvalue weighted by Gasteiger charge is 2.32. The highest BCUT2D eigenvalue weighted by Crippen LogP contribution is 2.29. The third kappa shape index (κ3) is 24.4. The van der Waals surface area contributed by atoms with Crippen LogP contribution < -0.4 is 15.4 Å². The van der Waals surface area contributed by atoms with E-state index in [1.165, 1.54) is 108 Å². The number of carbonyl (C=O) groups excluding carboxylic acids is 5. The molecule has 76 heavy (non-hydrogen) atoms. The van der Waals surface area contributed by atoms with Crippen LogP contribution in [0.2, 0.25) is 10.0 Å². The number of nitrogens with one attached hydrogen (secondary N) is 2. The van der Waals surface area contributed by atoms with E-state index in [1.807, 2.05) is 0 Å². The maximum absolute atomic E-state index is 14.3. The first-order valence-corrected chi connectivity index (χ1v) is 28.8. The number of hydrogen-bond donors (Lipinski definition) is 2. The molecule has 4 rings (SSSR count). The van der Waals surface area contributed by atoms with E-state index >= 15 is 0 Å². The maximum atomic E-state index is 14.3. The van der Waals surface area contributed by atoms with Gasteiger partial charge in [0.25, 0.3) is 11.8 Å². The van der Waals surface area contributed by atoms with Gasteiger partial charge >= 0.3 is 17.9 Å². The molecule has 2 amide bonds. The predicted octanol–water partition coefficient (Wildman–Crippen LogP) is 14.1. The van der Waals surface area contributed by atoms with Crippen LogP contribution in [-0.2, 0) is 45.0 Å². The molecule has 0 saturated heterocycles. The molecule has 418 valence electrons. The van der Waals surface area contributed by atoms with Crippen molar-refractivity contribution in [2.45, 2.75) is 179 Å². The second kappa shape index (κ2) is 37.6. The molecule has 0 radical (unpaired) electrons. The summed E-state index contributed by atoms with van der Waals surface area (Å²) in [5.41, 5.74) is 1.42. The number of thioether (sulfide) groups is 1. The first-order chi connectivity index (χ1) is 36.9. The Hall–Kier alpha value is -5.20. The topological polar surface area (TPSA) is 195 Å². The third-order valence-electron chi connectivity index (χ3n) is 12.2. The monoisotopic (exact) mass is 1110 g/mol. The molecular formula is C57H79Cl2N5O11S. The van der Waals surface area contributed by atoms with Gasteiger partial charge in [-0.1, -0.05) is 176 Å². The van der Waals surface area contributed by atoms with E-state index in [-0.39, 0.29) is 65.0 Å². The Morgan fingerprint density at radius 3 is 1.70 bits per heavy atom. The number of amides is 2. The SMILES string of the molecule is CCCCCCCCCCCCOOCc1ccc(Cl)c(NC(=O)C(C(=O)Nc2cc(C(=O)OCCCCCCCCCCCC)ccc2Cl)n2cc(SC(C)C(=O)OCCOc3ccc(C(=O)OCC)cc3)nn2)c1. The van der Waals surface area contributed by atoms with Gasteiger partial charge in [-0.2, -0.15) is 0 Å². The van der Waals surface area contributed by atoms with Crippen molar-refractivity contribution in [3.63, 3.8) is 0 Å². The molecule has 0 spiro atoms. The highest BCUT2D eigenvalue weighted by atomic mass is 35.5. The summed E-state index contributed by atoms with van der Waals surface area (Å²) in [4.78, 5) is 77.6. The summed E-state index contributed by atoms with van der Waals surface area (Å²) in [6.45, 7) is 8.78. The lowest BCUT2D eigenvalue weighted by atomic mass is 10.1. The van der Waals surface area contributed by atoms with E-state index in [4.69, 9.17) is 51.9 Å². The molecule has 19 heteroatoms. The number of ether oxygens (including phenoxy) is 4. The van der Waals surface area contributed by atoms with Gasteiger partial charge in [0, 0.05) is 0 Å². The minimum atomic E-state index is -1.71. The van der Waals surface area contributed by atoms with Crippen molar-refractivity contribution < 1.29 is 52.7 Å². The van der Waals surface area contributed by atoms with Crippen LogP contribution in [-0.4, -0.2) is 83.0 Å². The molecule has 4 aromatic rings. The summed E-state index contributed by atoms with van der Waals surface area (Å²) in [5, 5.41) is 13.4. The number of unbranched alkanes of at least 4 members (excludes halogenated alkanes) is 18. The van der Waals surface area contributed by atoms with Crippen molar-refractivity contribution in [2.75, 3.05) is 43.7 Å². The Morgan fingerprint density at radius 1 is 0.579 bits per heavy atom. The summed E-state index contributed by atoms with van der Waals surface area (Å²) < 4.78 is 22.7. The van der Waals surface area contributed by atoms with Gasteiger partial charge in [-0.05, 0) is 86.8 Å². The van der Waals surface area contributed by atoms with Gasteiger partial charge in [-0.15, -0.1) is 5.10 Å². The average molecular weight is 1110 g/mol. The molecule has 3 aromatic carbocycles. The fraction of sp³-hybridized carbons (Fsp3) is 0.561. The summed E-state index contributed by atoms with van der Waals surface area (Å²) in [5.74, 6) is -2.85. The van der Waals surface area contributed by atoms with E-state index in [0.29, 0.717) is 23.5 Å². The molecule has 1 heterocycles. The summed E-state index contributed by atoms with van der Waals surface area (Å²) in [6, 6.07) is 14.0. The Kier molecular flexibility index (Phi) is 31.3. The number of rotatable bonds is 40. The van der Waals surface area contributed by atoms with Gasteiger partial charge in [-0.25, -0.2) is 24.0 Å². The number of carbonyl (C=O) groups is 5. The molecule has 2 atom stereocenters. The lowest BCUT2D eigenvalue weighted by molar-refractivity contribution is -0.304. The Labute approximate surface area is 463 Å². The number of benzene rings is 3. The quantitative estimate of drug-likeness (QED) is 0.00812. The van der Waals surface area contributed by atoms with Crippen LogP contribution in [0.25, 0.3) is 0 Å². The molecule has 2 unspecified atom stereocenters. The molecule has 0 aliphatic heterocycles. The highest BCUT2D eigenvalue weighted by molar-refractivity contribution is 8.00. The zero-order valence-corrected chi connectivity index (χ0v) is 47.2. The summed E-state index contributed by atoms with van der Waals surface area (Å²) in [6.07, 6.45) is 24.9. The molecule has 0 fully saturated rings. The number of esters is 3. The van der Waals surface area contributed by atoms with E-state index in [2.05, 4.69) is 34.8 Å². The minimum absolute atomic E-state index is 0.0463. The second-order valence-corrected chi connectivity index (χ2v) is 20.7. The fourth-order valence-electron chi connectivity index (χ4n) is 7.91. The Morgan fingerprint density at radius 2 is 1.11 bits per heavy atom. The maximum Gasteiger partial charge on any atom is 0.338 e. The molecule has 1 aromatic heterocycles. The predicted molar refractivity (Wildman–Crippen MR) is 298 cm³/mol. The molecule has 0 aliphatic rings. The molecule has 2 N–H and O–H groups in total. The number of aromatic nitrogens is 3. The first-order valence-electron chi connectivity index (χ1n) is 27.2. The van der Waals surface area contributed by atoms with Gasteiger partial charge < -0.3 is 29.6 Å². The zero-order chi connectivity index (χ0) is 54.8. The van der Waals surface area contributed by atoms with Crippen LogP contribution in [0.15, 0.2) is 71.9 Å². The van der Waals surface area contributed by atoms with Crippen LogP contribution >= 0.6 is 35.0 Å². The van der Waals surface area contributed by atoms with Gasteiger partial charge in [0.2, 0.25) is 6.04 Å². The Bertz CT molecular complexity index is 2350. The molecular weight excluding hydrogens is 1030 g/mol. The van der Waals surface area contributed by atoms with Crippen molar-refractivity contribution in [3.8, 4) is 5.75 Å².